The number of amides is 1. The number of aromatic nitrogens is 2. The molecule has 0 aliphatic carbocycles. The molecule has 4 rings (SSSR count). The molecule has 1 saturated heterocycles. The topological polar surface area (TPSA) is 68.5 Å². The Morgan fingerprint density at radius 3 is 2.89 bits per heavy atom. The first-order valence-electron chi connectivity index (χ1n) is 8.59. The van der Waals surface area contributed by atoms with Gasteiger partial charge in [0.1, 0.15) is 11.6 Å². The van der Waals surface area contributed by atoms with Crippen LogP contribution < -0.4 is 9.64 Å². The summed E-state index contributed by atoms with van der Waals surface area (Å²) in [5.41, 5.74) is 2.31. The fourth-order valence-corrected chi connectivity index (χ4v) is 3.26. The summed E-state index contributed by atoms with van der Waals surface area (Å²) in [6, 6.07) is 11.6. The Labute approximate surface area is 155 Å². The molecule has 1 aliphatic heterocycles. The second kappa shape index (κ2) is 6.83. The molecule has 2 aromatic carbocycles. The van der Waals surface area contributed by atoms with Gasteiger partial charge in [-0.3, -0.25) is 4.79 Å². The van der Waals surface area contributed by atoms with Gasteiger partial charge in [0, 0.05) is 30.5 Å². The van der Waals surface area contributed by atoms with E-state index in [2.05, 4.69) is 10.1 Å². The van der Waals surface area contributed by atoms with E-state index in [1.54, 1.807) is 24.1 Å². The Kier molecular flexibility index (Phi) is 4.35. The summed E-state index contributed by atoms with van der Waals surface area (Å²) in [4.78, 5) is 18.7. The molecule has 3 aromatic rings. The molecular weight excluding hydrogens is 349 g/mol. The van der Waals surface area contributed by atoms with Gasteiger partial charge in [-0.15, -0.1) is 0 Å². The van der Waals surface area contributed by atoms with Gasteiger partial charge in [-0.2, -0.15) is 4.98 Å². The van der Waals surface area contributed by atoms with Crippen LogP contribution in [0.3, 0.4) is 0 Å². The number of aryl methyl sites for hydroxylation is 1. The first-order chi connectivity index (χ1) is 13.0. The zero-order valence-electron chi connectivity index (χ0n) is 15.0. The van der Waals surface area contributed by atoms with Crippen molar-refractivity contribution in [3.05, 3.63) is 59.7 Å². The fraction of sp³-hybridized carbons (Fsp3) is 0.250. The summed E-state index contributed by atoms with van der Waals surface area (Å²) >= 11 is 0. The van der Waals surface area contributed by atoms with Crippen molar-refractivity contribution in [2.45, 2.75) is 19.3 Å². The molecule has 1 fully saturated rings. The van der Waals surface area contributed by atoms with Crippen LogP contribution in [0.5, 0.6) is 5.75 Å². The highest BCUT2D eigenvalue weighted by Crippen LogP contribution is 2.34. The Bertz CT molecular complexity index is 1000. The Morgan fingerprint density at radius 2 is 2.11 bits per heavy atom. The second-order valence-corrected chi connectivity index (χ2v) is 6.53. The number of hydrogen-bond donors (Lipinski definition) is 0. The maximum atomic E-state index is 13.4. The third kappa shape index (κ3) is 3.28. The molecule has 138 valence electrons. The van der Waals surface area contributed by atoms with Crippen molar-refractivity contribution in [1.82, 2.24) is 10.1 Å². The van der Waals surface area contributed by atoms with E-state index in [-0.39, 0.29) is 23.5 Å². The van der Waals surface area contributed by atoms with Crippen LogP contribution >= 0.6 is 0 Å². The maximum Gasteiger partial charge on any atom is 0.258 e. The molecule has 1 aromatic heterocycles. The summed E-state index contributed by atoms with van der Waals surface area (Å²) in [6.07, 6.45) is 0.290. The average molecular weight is 367 g/mol. The average Bonchev–Trinajstić information content (AvgIpc) is 3.29. The second-order valence-electron chi connectivity index (χ2n) is 6.53. The molecule has 0 spiro atoms. The van der Waals surface area contributed by atoms with Gasteiger partial charge < -0.3 is 14.2 Å². The van der Waals surface area contributed by atoms with Gasteiger partial charge in [-0.05, 0) is 36.8 Å². The minimum absolute atomic E-state index is 0.00606. The van der Waals surface area contributed by atoms with Crippen LogP contribution in [-0.4, -0.2) is 29.7 Å². The molecule has 1 amide bonds. The molecular formula is C20H18FN3O3. The molecule has 6 nitrogen and oxygen atoms in total. The van der Waals surface area contributed by atoms with E-state index < -0.39 is 0 Å². The van der Waals surface area contributed by atoms with Crippen LogP contribution in [0.25, 0.3) is 11.5 Å². The van der Waals surface area contributed by atoms with Crippen molar-refractivity contribution in [2.24, 2.45) is 0 Å². The Morgan fingerprint density at radius 1 is 1.26 bits per heavy atom. The Balaban J connectivity index is 1.58. The van der Waals surface area contributed by atoms with E-state index in [1.165, 1.54) is 12.1 Å². The van der Waals surface area contributed by atoms with Crippen LogP contribution in [-0.2, 0) is 4.79 Å². The summed E-state index contributed by atoms with van der Waals surface area (Å²) in [6.45, 7) is 2.40. The number of methoxy groups -OCH3 is 1. The zero-order valence-corrected chi connectivity index (χ0v) is 15.0. The third-order valence-electron chi connectivity index (χ3n) is 4.71. The van der Waals surface area contributed by atoms with Gasteiger partial charge in [0.25, 0.3) is 5.89 Å². The first-order valence-corrected chi connectivity index (χ1v) is 8.59. The quantitative estimate of drug-likeness (QED) is 0.703. The van der Waals surface area contributed by atoms with Crippen LogP contribution in [0.1, 0.15) is 23.7 Å². The number of carbonyl (C=O) groups is 1. The van der Waals surface area contributed by atoms with E-state index in [9.17, 15) is 9.18 Å². The lowest BCUT2D eigenvalue weighted by Crippen LogP contribution is -2.25. The van der Waals surface area contributed by atoms with Gasteiger partial charge in [-0.25, -0.2) is 4.39 Å². The lowest BCUT2D eigenvalue weighted by atomic mass is 10.1. The van der Waals surface area contributed by atoms with E-state index in [1.807, 2.05) is 25.1 Å². The summed E-state index contributed by atoms with van der Waals surface area (Å²) < 4.78 is 23.9. The van der Waals surface area contributed by atoms with Crippen molar-refractivity contribution in [2.75, 3.05) is 18.6 Å². The van der Waals surface area contributed by atoms with E-state index >= 15 is 0 Å². The van der Waals surface area contributed by atoms with E-state index in [4.69, 9.17) is 9.26 Å². The predicted octanol–water partition coefficient (Wildman–Crippen LogP) is 3.71. The molecule has 7 heteroatoms. The molecule has 1 atom stereocenters. The summed E-state index contributed by atoms with van der Waals surface area (Å²) in [5, 5.41) is 4.01. The number of halogens is 1. The molecule has 0 N–H and O–H groups in total. The molecule has 0 bridgehead atoms. The van der Waals surface area contributed by atoms with Gasteiger partial charge >= 0.3 is 0 Å². The highest BCUT2D eigenvalue weighted by molar-refractivity contribution is 5.97. The van der Waals surface area contributed by atoms with Crippen LogP contribution in [0.2, 0.25) is 0 Å². The van der Waals surface area contributed by atoms with E-state index in [0.717, 1.165) is 11.3 Å². The predicted molar refractivity (Wildman–Crippen MR) is 97.1 cm³/mol. The Hall–Kier alpha value is -3.22. The standard InChI is InChI=1S/C20H18FN3O3/c1-12-6-7-16(26-2)10-17(12)24-11-14(9-18(24)25)19-22-20(27-23-19)13-4-3-5-15(21)8-13/h3-8,10,14H,9,11H2,1-2H3. The fourth-order valence-electron chi connectivity index (χ4n) is 3.26. The third-order valence-corrected chi connectivity index (χ3v) is 4.71. The lowest BCUT2D eigenvalue weighted by molar-refractivity contribution is -0.117. The SMILES string of the molecule is COc1ccc(C)c(N2CC(c3noc(-c4cccc(F)c4)n3)CC2=O)c1. The molecule has 2 heterocycles. The minimum atomic E-state index is -0.372. The lowest BCUT2D eigenvalue weighted by Gasteiger charge is -2.19. The number of hydrogen-bond acceptors (Lipinski definition) is 5. The molecule has 1 unspecified atom stereocenters. The van der Waals surface area contributed by atoms with Crippen LogP contribution in [0, 0.1) is 12.7 Å². The normalized spacial score (nSPS) is 16.8. The molecule has 1 aliphatic rings. The zero-order chi connectivity index (χ0) is 19.0. The van der Waals surface area contributed by atoms with Crippen molar-refractivity contribution in [3.8, 4) is 17.2 Å². The molecule has 27 heavy (non-hydrogen) atoms. The van der Waals surface area contributed by atoms with Crippen molar-refractivity contribution in [3.63, 3.8) is 0 Å². The van der Waals surface area contributed by atoms with Crippen LogP contribution in [0.15, 0.2) is 47.0 Å². The monoisotopic (exact) mass is 367 g/mol. The van der Waals surface area contributed by atoms with Crippen molar-refractivity contribution in [1.29, 1.82) is 0 Å². The summed E-state index contributed by atoms with van der Waals surface area (Å²) in [7, 11) is 1.59. The number of anilines is 1. The highest BCUT2D eigenvalue weighted by Gasteiger charge is 2.35. The first kappa shape index (κ1) is 17.2. The van der Waals surface area contributed by atoms with Gasteiger partial charge in [0.15, 0.2) is 5.82 Å². The maximum absolute atomic E-state index is 13.4. The number of nitrogens with zero attached hydrogens (tertiary/aromatic N) is 3. The smallest absolute Gasteiger partial charge is 0.258 e. The van der Waals surface area contributed by atoms with Crippen LogP contribution in [0.4, 0.5) is 10.1 Å². The number of rotatable bonds is 4. The van der Waals surface area contributed by atoms with Crippen molar-refractivity contribution >= 4 is 11.6 Å². The minimum Gasteiger partial charge on any atom is -0.497 e. The van der Waals surface area contributed by atoms with Gasteiger partial charge in [0.2, 0.25) is 5.91 Å². The highest BCUT2D eigenvalue weighted by atomic mass is 19.1. The largest absolute Gasteiger partial charge is 0.497 e. The van der Waals surface area contributed by atoms with Gasteiger partial charge in [0.05, 0.1) is 12.8 Å². The van der Waals surface area contributed by atoms with Gasteiger partial charge in [-0.1, -0.05) is 17.3 Å². The molecule has 0 saturated carbocycles. The summed E-state index contributed by atoms with van der Waals surface area (Å²) in [5.74, 6) is 0.823. The van der Waals surface area contributed by atoms with Crippen molar-refractivity contribution < 1.29 is 18.4 Å². The number of carbonyl (C=O) groups excluding carboxylic acids is 1. The number of ether oxygens (including phenoxy) is 1. The van der Waals surface area contributed by atoms with E-state index in [0.29, 0.717) is 30.1 Å². The number of benzene rings is 2. The molecule has 0 radical (unpaired) electrons.